The Labute approximate surface area is 118 Å². The van der Waals surface area contributed by atoms with Crippen molar-refractivity contribution in [1.82, 2.24) is 9.88 Å². The van der Waals surface area contributed by atoms with E-state index in [2.05, 4.69) is 20.9 Å². The number of aromatic nitrogens is 1. The van der Waals surface area contributed by atoms with Crippen LogP contribution in [0, 0.1) is 0 Å². The average Bonchev–Trinajstić information content (AvgIpc) is 2.73. The van der Waals surface area contributed by atoms with Crippen LogP contribution in [0.1, 0.15) is 16.1 Å². The fourth-order valence-corrected chi connectivity index (χ4v) is 2.01. The molecule has 0 radical (unpaired) electrons. The van der Waals surface area contributed by atoms with Gasteiger partial charge in [0.15, 0.2) is 4.67 Å². The van der Waals surface area contributed by atoms with Crippen LogP contribution in [0.3, 0.4) is 0 Å². The van der Waals surface area contributed by atoms with E-state index in [4.69, 9.17) is 16.0 Å². The van der Waals surface area contributed by atoms with Crippen molar-refractivity contribution in [2.75, 3.05) is 7.05 Å². The largest absolute Gasteiger partial charge is 0.452 e. The fourth-order valence-electron chi connectivity index (χ4n) is 1.50. The summed E-state index contributed by atoms with van der Waals surface area (Å²) in [5, 5.41) is 0.301. The van der Waals surface area contributed by atoms with Crippen molar-refractivity contribution >= 4 is 33.4 Å². The molecule has 0 aliphatic rings. The Morgan fingerprint density at radius 1 is 1.50 bits per heavy atom. The minimum absolute atomic E-state index is 0.133. The first-order chi connectivity index (χ1) is 8.56. The molecule has 0 spiro atoms. The molecule has 0 aromatic carbocycles. The molecule has 2 aromatic rings. The van der Waals surface area contributed by atoms with Crippen LogP contribution in [-0.4, -0.2) is 22.8 Å². The highest BCUT2D eigenvalue weighted by molar-refractivity contribution is 9.10. The lowest BCUT2D eigenvalue weighted by Crippen LogP contribution is -2.26. The maximum absolute atomic E-state index is 12.1. The molecule has 0 atom stereocenters. The lowest BCUT2D eigenvalue weighted by Gasteiger charge is -2.15. The summed E-state index contributed by atoms with van der Waals surface area (Å²) >= 11 is 8.97. The predicted octanol–water partition coefficient (Wildman–Crippen LogP) is 3.36. The highest BCUT2D eigenvalue weighted by Gasteiger charge is 2.14. The van der Waals surface area contributed by atoms with Crippen LogP contribution in [0.4, 0.5) is 0 Å². The monoisotopic (exact) mass is 328 g/mol. The minimum atomic E-state index is -0.133. The number of pyridine rings is 1. The number of carbonyl (C=O) groups excluding carboxylic acids is 1. The van der Waals surface area contributed by atoms with Gasteiger partial charge in [0.2, 0.25) is 0 Å². The minimum Gasteiger partial charge on any atom is -0.452 e. The van der Waals surface area contributed by atoms with E-state index < -0.39 is 0 Å². The Hall–Kier alpha value is -1.33. The molecule has 0 bridgehead atoms. The maximum Gasteiger partial charge on any atom is 0.254 e. The third-order valence-electron chi connectivity index (χ3n) is 2.34. The Morgan fingerprint density at radius 3 is 2.89 bits per heavy atom. The van der Waals surface area contributed by atoms with Crippen molar-refractivity contribution in [2.24, 2.45) is 0 Å². The van der Waals surface area contributed by atoms with Gasteiger partial charge in [0, 0.05) is 18.8 Å². The molecular formula is C12H10BrClN2O2. The molecule has 2 rings (SSSR count). The number of hydrogen-bond acceptors (Lipinski definition) is 3. The van der Waals surface area contributed by atoms with Gasteiger partial charge in [0.25, 0.3) is 5.91 Å². The van der Waals surface area contributed by atoms with E-state index in [9.17, 15) is 4.79 Å². The SMILES string of the molecule is CN(Cc1ccc(Br)o1)C(=O)c1ccnc(Cl)c1. The van der Waals surface area contributed by atoms with E-state index in [0.29, 0.717) is 27.7 Å². The molecule has 0 unspecified atom stereocenters. The van der Waals surface area contributed by atoms with Gasteiger partial charge in [-0.1, -0.05) is 11.6 Å². The Morgan fingerprint density at radius 2 is 2.28 bits per heavy atom. The number of furan rings is 1. The van der Waals surface area contributed by atoms with Gasteiger partial charge in [0.05, 0.1) is 6.54 Å². The molecule has 6 heteroatoms. The summed E-state index contributed by atoms with van der Waals surface area (Å²) in [6, 6.07) is 6.77. The number of halogens is 2. The molecule has 18 heavy (non-hydrogen) atoms. The van der Waals surface area contributed by atoms with Gasteiger partial charge in [-0.2, -0.15) is 0 Å². The van der Waals surface area contributed by atoms with Crippen LogP contribution >= 0.6 is 27.5 Å². The van der Waals surface area contributed by atoms with Crippen LogP contribution < -0.4 is 0 Å². The molecule has 2 heterocycles. The third-order valence-corrected chi connectivity index (χ3v) is 2.97. The number of amides is 1. The second-order valence-electron chi connectivity index (χ2n) is 3.73. The Bertz CT molecular complexity index is 571. The van der Waals surface area contributed by atoms with Gasteiger partial charge in [-0.25, -0.2) is 4.98 Å². The first-order valence-electron chi connectivity index (χ1n) is 5.17. The zero-order valence-electron chi connectivity index (χ0n) is 9.56. The molecule has 0 aliphatic heterocycles. The first-order valence-corrected chi connectivity index (χ1v) is 6.34. The molecule has 0 saturated carbocycles. The van der Waals surface area contributed by atoms with Crippen LogP contribution in [0.5, 0.6) is 0 Å². The highest BCUT2D eigenvalue weighted by Crippen LogP contribution is 2.16. The average molecular weight is 330 g/mol. The van der Waals surface area contributed by atoms with Gasteiger partial charge in [0.1, 0.15) is 10.9 Å². The predicted molar refractivity (Wildman–Crippen MR) is 71.5 cm³/mol. The topological polar surface area (TPSA) is 46.3 Å². The molecule has 94 valence electrons. The van der Waals surface area contributed by atoms with Gasteiger partial charge in [-0.15, -0.1) is 0 Å². The third kappa shape index (κ3) is 3.11. The molecule has 0 saturated heterocycles. The molecule has 0 fully saturated rings. The lowest BCUT2D eigenvalue weighted by atomic mass is 10.2. The summed E-state index contributed by atoms with van der Waals surface area (Å²) in [4.78, 5) is 17.5. The van der Waals surface area contributed by atoms with E-state index >= 15 is 0 Å². The van der Waals surface area contributed by atoms with Crippen molar-refractivity contribution < 1.29 is 9.21 Å². The van der Waals surface area contributed by atoms with E-state index in [0.717, 1.165) is 0 Å². The van der Waals surface area contributed by atoms with E-state index in [1.807, 2.05) is 6.07 Å². The fraction of sp³-hybridized carbons (Fsp3) is 0.167. The van der Waals surface area contributed by atoms with Crippen LogP contribution in [0.15, 0.2) is 39.5 Å². The van der Waals surface area contributed by atoms with Gasteiger partial charge in [-0.05, 0) is 40.2 Å². The molecular weight excluding hydrogens is 320 g/mol. The zero-order chi connectivity index (χ0) is 13.1. The van der Waals surface area contributed by atoms with E-state index in [1.165, 1.54) is 6.20 Å². The van der Waals surface area contributed by atoms with Crippen LogP contribution in [0.2, 0.25) is 5.15 Å². The lowest BCUT2D eigenvalue weighted by molar-refractivity contribution is 0.0775. The van der Waals surface area contributed by atoms with Crippen LogP contribution in [-0.2, 0) is 6.54 Å². The van der Waals surface area contributed by atoms with Crippen molar-refractivity contribution in [3.63, 3.8) is 0 Å². The zero-order valence-corrected chi connectivity index (χ0v) is 11.9. The molecule has 4 nitrogen and oxygen atoms in total. The second-order valence-corrected chi connectivity index (χ2v) is 4.90. The smallest absolute Gasteiger partial charge is 0.254 e. The number of rotatable bonds is 3. The molecule has 2 aromatic heterocycles. The van der Waals surface area contributed by atoms with Gasteiger partial charge >= 0.3 is 0 Å². The summed E-state index contributed by atoms with van der Waals surface area (Å²) < 4.78 is 5.99. The van der Waals surface area contributed by atoms with Crippen molar-refractivity contribution in [2.45, 2.75) is 6.54 Å². The summed E-state index contributed by atoms with van der Waals surface area (Å²) in [5.74, 6) is 0.574. The van der Waals surface area contributed by atoms with Crippen molar-refractivity contribution in [3.8, 4) is 0 Å². The maximum atomic E-state index is 12.1. The quantitative estimate of drug-likeness (QED) is 0.811. The summed E-state index contributed by atoms with van der Waals surface area (Å²) in [6.45, 7) is 0.393. The van der Waals surface area contributed by atoms with Crippen molar-refractivity contribution in [1.29, 1.82) is 0 Å². The summed E-state index contributed by atoms with van der Waals surface area (Å²) in [5.41, 5.74) is 0.503. The standard InChI is InChI=1S/C12H10BrClN2O2/c1-16(7-9-2-3-10(13)18-9)12(17)8-4-5-15-11(14)6-8/h2-6H,7H2,1H3. The summed E-state index contributed by atoms with van der Waals surface area (Å²) in [7, 11) is 1.70. The molecule has 1 amide bonds. The van der Waals surface area contributed by atoms with Crippen LogP contribution in [0.25, 0.3) is 0 Å². The first kappa shape index (κ1) is 13.1. The second kappa shape index (κ2) is 5.54. The van der Waals surface area contributed by atoms with Crippen molar-refractivity contribution in [3.05, 3.63) is 51.6 Å². The highest BCUT2D eigenvalue weighted by atomic mass is 79.9. The van der Waals surface area contributed by atoms with E-state index in [-0.39, 0.29) is 5.91 Å². The normalized spacial score (nSPS) is 10.4. The Balaban J connectivity index is 2.09. The molecule has 0 N–H and O–H groups in total. The van der Waals surface area contributed by atoms with Gasteiger partial charge in [-0.3, -0.25) is 4.79 Å². The Kier molecular flexibility index (Phi) is 4.04. The number of hydrogen-bond donors (Lipinski definition) is 0. The summed E-state index contributed by atoms with van der Waals surface area (Å²) in [6.07, 6.45) is 1.51. The van der Waals surface area contributed by atoms with Gasteiger partial charge < -0.3 is 9.32 Å². The number of nitrogens with zero attached hydrogens (tertiary/aromatic N) is 2. The number of carbonyl (C=O) groups is 1. The molecule has 0 aliphatic carbocycles. The van der Waals surface area contributed by atoms with E-state index in [1.54, 1.807) is 30.1 Å².